The summed E-state index contributed by atoms with van der Waals surface area (Å²) in [6, 6.07) is 20.8. The monoisotopic (exact) mass is 602 g/mol. The van der Waals surface area contributed by atoms with E-state index in [1.165, 1.54) is 36.0 Å². The van der Waals surface area contributed by atoms with Crippen LogP contribution in [0.3, 0.4) is 0 Å². The van der Waals surface area contributed by atoms with Crippen molar-refractivity contribution in [2.24, 2.45) is 4.99 Å². The summed E-state index contributed by atoms with van der Waals surface area (Å²) in [6.07, 6.45) is 12.0. The number of phenols is 1. The van der Waals surface area contributed by atoms with E-state index in [9.17, 15) is 9.90 Å². The number of isothiocyanates is 2. The van der Waals surface area contributed by atoms with E-state index in [-0.39, 0.29) is 25.3 Å². The third kappa shape index (κ3) is 9.99. The Kier molecular flexibility index (Phi) is 13.5. The fourth-order valence-corrected chi connectivity index (χ4v) is 3.70. The Balaban J connectivity index is 0.000000224. The molecule has 0 atom stereocenters. The normalized spacial score (nSPS) is 15.6. The Morgan fingerprint density at radius 1 is 0.923 bits per heavy atom. The summed E-state index contributed by atoms with van der Waals surface area (Å²) in [5.74, 6) is 0.398. The fourth-order valence-electron chi connectivity index (χ4n) is 3.70. The molecule has 0 spiro atoms. The Bertz CT molecular complexity index is 1440. The van der Waals surface area contributed by atoms with Crippen LogP contribution < -0.4 is 5.32 Å². The van der Waals surface area contributed by atoms with E-state index in [2.05, 4.69) is 34.7 Å². The molecule has 0 aliphatic heterocycles. The molecule has 2 fully saturated rings. The van der Waals surface area contributed by atoms with Gasteiger partial charge in [0.1, 0.15) is 5.75 Å². The van der Waals surface area contributed by atoms with Gasteiger partial charge in [-0.1, -0.05) is 85.1 Å². The van der Waals surface area contributed by atoms with Crippen molar-refractivity contribution in [1.82, 2.24) is 5.32 Å². The van der Waals surface area contributed by atoms with Gasteiger partial charge in [0.15, 0.2) is 5.78 Å². The molecule has 39 heavy (non-hydrogen) atoms. The molecule has 0 unspecified atom stereocenters. The number of phenolic OH excluding ortho intramolecular Hbond substituents is 1. The molecule has 0 saturated heterocycles. The Hall–Kier alpha value is -3.44. The topological polar surface area (TPSA) is 106 Å². The minimum Gasteiger partial charge on any atom is -0.753 e. The van der Waals surface area contributed by atoms with Gasteiger partial charge >= 0.3 is 19.5 Å². The zero-order chi connectivity index (χ0) is 27.3. The summed E-state index contributed by atoms with van der Waals surface area (Å²) in [5.41, 5.74) is 3.77. The third-order valence-corrected chi connectivity index (χ3v) is 5.88. The number of aromatic hydroxyl groups is 1. The van der Waals surface area contributed by atoms with Gasteiger partial charge in [0, 0.05) is 29.6 Å². The Morgan fingerprint density at radius 2 is 1.56 bits per heavy atom. The first kappa shape index (κ1) is 31.8. The van der Waals surface area contributed by atoms with E-state index >= 15 is 0 Å². The van der Waals surface area contributed by atoms with Crippen molar-refractivity contribution in [2.45, 2.75) is 37.8 Å². The van der Waals surface area contributed by atoms with E-state index in [0.717, 1.165) is 33.0 Å². The second-order valence-corrected chi connectivity index (χ2v) is 9.06. The van der Waals surface area contributed by atoms with Crippen molar-refractivity contribution in [3.63, 3.8) is 0 Å². The molecule has 9 heteroatoms. The average Bonchev–Trinajstić information content (AvgIpc) is 3.85. The van der Waals surface area contributed by atoms with Crippen LogP contribution >= 0.6 is 24.4 Å². The minimum atomic E-state index is 0. The molecule has 6 nitrogen and oxygen atoms in total. The number of thiocarbonyl (C=S) groups is 2. The smallest absolute Gasteiger partial charge is 0.753 e. The number of aliphatic imine (C=N–C) groups is 1. The van der Waals surface area contributed by atoms with Crippen LogP contribution in [0.4, 0.5) is 0 Å². The second-order valence-electron chi connectivity index (χ2n) is 8.70. The summed E-state index contributed by atoms with van der Waals surface area (Å²) < 4.78 is 0. The van der Waals surface area contributed by atoms with Crippen molar-refractivity contribution in [3.05, 3.63) is 100 Å². The van der Waals surface area contributed by atoms with Crippen LogP contribution in [0.1, 0.15) is 42.4 Å². The number of fused-ring (bicyclic) bond motifs is 2. The maximum absolute atomic E-state index is 11.8. The number of benzene rings is 3. The van der Waals surface area contributed by atoms with Gasteiger partial charge in [-0.05, 0) is 59.7 Å². The van der Waals surface area contributed by atoms with Gasteiger partial charge in [0.2, 0.25) is 0 Å². The number of nitrogens with one attached hydrogen (secondary N) is 1. The van der Waals surface area contributed by atoms with Gasteiger partial charge in [0.05, 0.1) is 6.04 Å². The van der Waals surface area contributed by atoms with Crippen LogP contribution in [0, 0.1) is 0 Å². The number of hydrogen-bond acceptors (Lipinski definition) is 6. The number of rotatable bonds is 4. The molecule has 3 aromatic rings. The number of carbonyl (C=O) groups is 1. The molecule has 2 N–H and O–H groups in total. The van der Waals surface area contributed by atoms with Gasteiger partial charge < -0.3 is 21.2 Å². The van der Waals surface area contributed by atoms with E-state index in [4.69, 9.17) is 10.8 Å². The van der Waals surface area contributed by atoms with E-state index in [1.54, 1.807) is 12.1 Å². The quantitative estimate of drug-likeness (QED) is 0.147. The number of carbonyl (C=O) groups excluding carboxylic acids is 1. The summed E-state index contributed by atoms with van der Waals surface area (Å²) in [5, 5.41) is 32.3. The summed E-state index contributed by atoms with van der Waals surface area (Å²) >= 11 is 7.40. The van der Waals surface area contributed by atoms with Gasteiger partial charge in [-0.2, -0.15) is 10.3 Å². The van der Waals surface area contributed by atoms with Gasteiger partial charge in [-0.25, -0.2) is 0 Å². The molecule has 192 valence electrons. The molecule has 2 saturated carbocycles. The van der Waals surface area contributed by atoms with Crippen LogP contribution in [0.5, 0.6) is 5.75 Å². The van der Waals surface area contributed by atoms with Crippen LogP contribution in [-0.2, 0) is 24.3 Å². The average molecular weight is 604 g/mol. The van der Waals surface area contributed by atoms with E-state index < -0.39 is 0 Å². The second kappa shape index (κ2) is 16.5. The van der Waals surface area contributed by atoms with Crippen molar-refractivity contribution >= 4 is 69.2 Å². The van der Waals surface area contributed by atoms with E-state index in [0.29, 0.717) is 17.8 Å². The van der Waals surface area contributed by atoms with Crippen molar-refractivity contribution < 1.29 is 29.4 Å². The minimum absolute atomic E-state index is 0. The van der Waals surface area contributed by atoms with E-state index in [1.807, 2.05) is 73.1 Å². The first-order valence-electron chi connectivity index (χ1n) is 12.1. The summed E-state index contributed by atoms with van der Waals surface area (Å²) in [7, 11) is 0. The largest absolute Gasteiger partial charge is 2.00 e. The number of ketones is 1. The fraction of sp³-hybridized carbons (Fsp3) is 0.200. The zero-order valence-corrected chi connectivity index (χ0v) is 25.9. The van der Waals surface area contributed by atoms with Gasteiger partial charge in [0.25, 0.3) is 0 Å². The predicted molar refractivity (Wildman–Crippen MR) is 163 cm³/mol. The Morgan fingerprint density at radius 3 is 2.23 bits per heavy atom. The van der Waals surface area contributed by atoms with Crippen LogP contribution in [0.25, 0.3) is 33.2 Å². The first-order valence-corrected chi connectivity index (χ1v) is 12.9. The van der Waals surface area contributed by atoms with Crippen molar-refractivity contribution in [1.29, 1.82) is 0 Å². The number of allylic oxidation sites excluding steroid dienone is 2. The standard InChI is InChI=1S/2C14H13NO.2CNS.Zn/c2*16-14-8-5-10-3-1-2-4-12(10)13(14)9-15-11-6-7-11;2*2-1-3;/h1-5,8-9,11,16H,6-7H2;1-5,8-9,11,15H,6-7H2;;;/q;;2*-1;+2/b;13-9-;;;. The predicted octanol–water partition coefficient (Wildman–Crippen LogP) is 6.82. The van der Waals surface area contributed by atoms with Crippen molar-refractivity contribution in [3.8, 4) is 5.75 Å². The van der Waals surface area contributed by atoms with Gasteiger partial charge in [-0.15, -0.1) is 0 Å². The number of hydrogen-bond donors (Lipinski definition) is 2. The molecule has 3 aliphatic carbocycles. The van der Waals surface area contributed by atoms with Crippen molar-refractivity contribution in [2.75, 3.05) is 0 Å². The van der Waals surface area contributed by atoms with Crippen LogP contribution in [-0.4, -0.2) is 39.5 Å². The molecular weight excluding hydrogens is 578 g/mol. The molecular formula is C30H26N4O2S2Zn. The molecule has 0 aromatic heterocycles. The molecule has 0 bridgehead atoms. The first-order chi connectivity index (χ1) is 18.5. The summed E-state index contributed by atoms with van der Waals surface area (Å²) in [6.45, 7) is 0. The molecule has 0 heterocycles. The van der Waals surface area contributed by atoms with Crippen LogP contribution in [0.15, 0.2) is 77.9 Å². The molecule has 3 aliphatic rings. The zero-order valence-electron chi connectivity index (χ0n) is 21.3. The SMILES string of the molecule is O=C1C=Cc2ccccc2/C1=C/NC1CC1.Oc1ccc2ccccc2c1C=NC1CC1.[N-]=C=S.[N-]=C=S.[Zn+2]. The number of nitrogens with zero attached hydrogens (tertiary/aromatic N) is 3. The molecule has 6 rings (SSSR count). The third-order valence-electron chi connectivity index (χ3n) is 5.88. The Labute approximate surface area is 251 Å². The molecule has 0 amide bonds. The van der Waals surface area contributed by atoms with Gasteiger partial charge in [-0.3, -0.25) is 9.79 Å². The maximum Gasteiger partial charge on any atom is 2.00 e. The van der Waals surface area contributed by atoms with Crippen LogP contribution in [0.2, 0.25) is 0 Å². The summed E-state index contributed by atoms with van der Waals surface area (Å²) in [4.78, 5) is 16.2. The molecule has 3 aromatic carbocycles. The maximum atomic E-state index is 11.8. The molecule has 0 radical (unpaired) electrons.